The number of benzene rings is 2. The molecule has 2 aromatic carbocycles. The van der Waals surface area contributed by atoms with Crippen molar-refractivity contribution in [3.63, 3.8) is 0 Å². The van der Waals surface area contributed by atoms with Gasteiger partial charge in [-0.1, -0.05) is 31.4 Å². The molecule has 8 heteroatoms. The highest BCUT2D eigenvalue weighted by Crippen LogP contribution is 2.26. The second kappa shape index (κ2) is 11.9. The van der Waals surface area contributed by atoms with Crippen LogP contribution in [-0.2, 0) is 18.4 Å². The molecule has 0 unspecified atom stereocenters. The Balaban J connectivity index is 1.32. The molecule has 1 aliphatic rings. The Morgan fingerprint density at radius 3 is 2.57 bits per heavy atom. The first-order valence-corrected chi connectivity index (χ1v) is 13.0. The van der Waals surface area contributed by atoms with E-state index >= 15 is 0 Å². The summed E-state index contributed by atoms with van der Waals surface area (Å²) in [6.07, 6.45) is 9.41. The second-order valence-electron chi connectivity index (χ2n) is 8.80. The predicted molar refractivity (Wildman–Crippen MR) is 139 cm³/mol. The summed E-state index contributed by atoms with van der Waals surface area (Å²) >= 11 is 1.42. The zero-order valence-corrected chi connectivity index (χ0v) is 21.1. The van der Waals surface area contributed by atoms with E-state index in [2.05, 4.69) is 10.3 Å². The van der Waals surface area contributed by atoms with Gasteiger partial charge in [0.15, 0.2) is 0 Å². The van der Waals surface area contributed by atoms with Gasteiger partial charge in [0, 0.05) is 43.1 Å². The molecule has 184 valence electrons. The molecule has 0 atom stereocenters. The van der Waals surface area contributed by atoms with E-state index in [-0.39, 0.29) is 11.8 Å². The Kier molecular flexibility index (Phi) is 8.47. The van der Waals surface area contributed by atoms with Crippen molar-refractivity contribution in [2.45, 2.75) is 49.6 Å². The third-order valence-corrected chi connectivity index (χ3v) is 7.46. The van der Waals surface area contributed by atoms with E-state index < -0.39 is 0 Å². The van der Waals surface area contributed by atoms with Crippen molar-refractivity contribution in [3.8, 4) is 5.75 Å². The normalized spacial score (nSPS) is 13.9. The van der Waals surface area contributed by atoms with Crippen molar-refractivity contribution in [2.24, 2.45) is 7.05 Å². The van der Waals surface area contributed by atoms with Crippen LogP contribution in [0, 0.1) is 0 Å². The van der Waals surface area contributed by atoms with Crippen molar-refractivity contribution in [3.05, 3.63) is 72.3 Å². The van der Waals surface area contributed by atoms with Gasteiger partial charge in [0.25, 0.3) is 5.91 Å². The molecule has 1 N–H and O–H groups in total. The molecule has 1 fully saturated rings. The number of nitrogens with zero attached hydrogens (tertiary/aromatic N) is 3. The molecule has 4 rings (SSSR count). The number of carbonyl (C=O) groups excluding carboxylic acids is 2. The molecule has 0 saturated heterocycles. The lowest BCUT2D eigenvalue weighted by molar-refractivity contribution is -0.129. The zero-order chi connectivity index (χ0) is 24.6. The quantitative estimate of drug-likeness (QED) is 0.419. The summed E-state index contributed by atoms with van der Waals surface area (Å²) in [7, 11) is 3.83. The van der Waals surface area contributed by atoms with E-state index in [9.17, 15) is 9.59 Å². The molecule has 2 amide bonds. The topological polar surface area (TPSA) is 76.5 Å². The molecule has 3 aromatic rings. The summed E-state index contributed by atoms with van der Waals surface area (Å²) in [6.45, 7) is 0.370. The van der Waals surface area contributed by atoms with Gasteiger partial charge in [0.1, 0.15) is 18.2 Å². The number of thioether (sulfide) groups is 1. The summed E-state index contributed by atoms with van der Waals surface area (Å²) in [5.41, 5.74) is 1.23. The van der Waals surface area contributed by atoms with E-state index in [1.54, 1.807) is 12.3 Å². The van der Waals surface area contributed by atoms with Gasteiger partial charge in [0.2, 0.25) is 5.91 Å². The minimum Gasteiger partial charge on any atom is -0.486 e. The van der Waals surface area contributed by atoms with E-state index in [1.807, 2.05) is 72.2 Å². The van der Waals surface area contributed by atoms with Gasteiger partial charge >= 0.3 is 0 Å². The molecule has 0 aliphatic heterocycles. The van der Waals surface area contributed by atoms with Crippen LogP contribution in [0.15, 0.2) is 65.8 Å². The number of hydrogen-bond donors (Lipinski definition) is 1. The number of imidazole rings is 1. The number of aryl methyl sites for hydroxylation is 1. The van der Waals surface area contributed by atoms with Gasteiger partial charge < -0.3 is 19.5 Å². The first-order valence-electron chi connectivity index (χ1n) is 12.0. The summed E-state index contributed by atoms with van der Waals surface area (Å²) in [5, 5.41) is 2.95. The highest BCUT2D eigenvalue weighted by Gasteiger charge is 2.22. The van der Waals surface area contributed by atoms with E-state index in [1.165, 1.54) is 31.0 Å². The van der Waals surface area contributed by atoms with Crippen molar-refractivity contribution in [1.29, 1.82) is 0 Å². The summed E-state index contributed by atoms with van der Waals surface area (Å²) in [4.78, 5) is 32.7. The summed E-state index contributed by atoms with van der Waals surface area (Å²) in [5.74, 6) is 1.75. The number of amides is 2. The lowest BCUT2D eigenvalue weighted by Crippen LogP contribution is -2.39. The van der Waals surface area contributed by atoms with Gasteiger partial charge in [-0.3, -0.25) is 9.59 Å². The van der Waals surface area contributed by atoms with Crippen LogP contribution in [0.4, 0.5) is 5.69 Å². The molecule has 1 heterocycles. The van der Waals surface area contributed by atoms with Gasteiger partial charge in [-0.15, -0.1) is 11.8 Å². The van der Waals surface area contributed by atoms with Crippen molar-refractivity contribution < 1.29 is 14.3 Å². The lowest BCUT2D eigenvalue weighted by Gasteiger charge is -2.31. The molecule has 0 bridgehead atoms. The average molecular weight is 493 g/mol. The van der Waals surface area contributed by atoms with Crippen molar-refractivity contribution in [2.75, 3.05) is 18.1 Å². The van der Waals surface area contributed by atoms with Crippen molar-refractivity contribution in [1.82, 2.24) is 14.5 Å². The van der Waals surface area contributed by atoms with Crippen LogP contribution in [0.2, 0.25) is 0 Å². The Morgan fingerprint density at radius 2 is 1.86 bits per heavy atom. The van der Waals surface area contributed by atoms with Gasteiger partial charge in [0.05, 0.1) is 11.3 Å². The number of rotatable bonds is 9. The molecule has 0 radical (unpaired) electrons. The molecule has 1 aromatic heterocycles. The molecule has 0 spiro atoms. The first-order chi connectivity index (χ1) is 17.0. The molecule has 35 heavy (non-hydrogen) atoms. The monoisotopic (exact) mass is 492 g/mol. The van der Waals surface area contributed by atoms with Gasteiger partial charge in [-0.05, 0) is 49.2 Å². The Hall–Kier alpha value is -3.26. The van der Waals surface area contributed by atoms with Crippen LogP contribution >= 0.6 is 11.8 Å². The molecular weight excluding hydrogens is 460 g/mol. The summed E-state index contributed by atoms with van der Waals surface area (Å²) in [6, 6.07) is 15.0. The number of anilines is 1. The smallest absolute Gasteiger partial charge is 0.256 e. The number of nitrogens with one attached hydrogen (secondary N) is 1. The minimum absolute atomic E-state index is 0.109. The van der Waals surface area contributed by atoms with E-state index in [4.69, 9.17) is 4.74 Å². The SMILES string of the molecule is CN(C(=O)CSc1ccccc1C(=O)Nc1ccc(OCc2nccn2C)cc1)C1CCCCC1. The lowest BCUT2D eigenvalue weighted by atomic mass is 9.94. The first kappa shape index (κ1) is 24.9. The molecule has 1 saturated carbocycles. The highest BCUT2D eigenvalue weighted by atomic mass is 32.2. The van der Waals surface area contributed by atoms with E-state index in [0.29, 0.717) is 35.4 Å². The third kappa shape index (κ3) is 6.66. The van der Waals surface area contributed by atoms with Crippen LogP contribution in [0.1, 0.15) is 48.3 Å². The maximum Gasteiger partial charge on any atom is 0.256 e. The van der Waals surface area contributed by atoms with E-state index in [0.717, 1.165) is 23.6 Å². The molecule has 7 nitrogen and oxygen atoms in total. The fourth-order valence-corrected chi connectivity index (χ4v) is 5.18. The number of hydrogen-bond acceptors (Lipinski definition) is 5. The fourth-order valence-electron chi connectivity index (χ4n) is 4.21. The maximum absolute atomic E-state index is 13.0. The van der Waals surface area contributed by atoms with Crippen LogP contribution in [0.3, 0.4) is 0 Å². The Morgan fingerprint density at radius 1 is 1.11 bits per heavy atom. The van der Waals surface area contributed by atoms with Crippen LogP contribution in [-0.4, -0.2) is 45.1 Å². The predicted octanol–water partition coefficient (Wildman–Crippen LogP) is 5.13. The standard InChI is InChI=1S/C27H32N4O3S/c1-30-17-16-28-25(30)18-34-22-14-12-20(13-15-22)29-27(33)23-10-6-7-11-24(23)35-19-26(32)31(2)21-8-4-3-5-9-21/h6-7,10-17,21H,3-5,8-9,18-19H2,1-2H3,(H,29,33). The van der Waals surface area contributed by atoms with Crippen molar-refractivity contribution >= 4 is 29.3 Å². The molecular formula is C27H32N4O3S. The molecule has 1 aliphatic carbocycles. The van der Waals surface area contributed by atoms with Crippen LogP contribution in [0.5, 0.6) is 5.75 Å². The maximum atomic E-state index is 13.0. The number of ether oxygens (including phenoxy) is 1. The van der Waals surface area contributed by atoms with Gasteiger partial charge in [-0.25, -0.2) is 4.98 Å². The van der Waals surface area contributed by atoms with Crippen LogP contribution < -0.4 is 10.1 Å². The zero-order valence-electron chi connectivity index (χ0n) is 20.3. The van der Waals surface area contributed by atoms with Gasteiger partial charge in [-0.2, -0.15) is 0 Å². The third-order valence-electron chi connectivity index (χ3n) is 6.40. The number of aromatic nitrogens is 2. The largest absolute Gasteiger partial charge is 0.486 e. The highest BCUT2D eigenvalue weighted by molar-refractivity contribution is 8.00. The number of carbonyl (C=O) groups is 2. The second-order valence-corrected chi connectivity index (χ2v) is 9.82. The van der Waals surface area contributed by atoms with Crippen LogP contribution in [0.25, 0.3) is 0 Å². The Bertz CT molecular complexity index is 1140. The summed E-state index contributed by atoms with van der Waals surface area (Å²) < 4.78 is 7.69. The fraction of sp³-hybridized carbons (Fsp3) is 0.370. The average Bonchev–Trinajstić information content (AvgIpc) is 3.31. The Labute approximate surface area is 210 Å². The minimum atomic E-state index is -0.206.